The topological polar surface area (TPSA) is 125 Å². The SMILES string of the molecule is CCCCCCCCCCCCCCCC(=O)O[C@H](COC(=O)CCCCCCCC=O)COP(=O)(O)OCC[N+](C)(C)C. The molecule has 0 aromatic heterocycles. The second kappa shape index (κ2) is 27.9. The van der Waals surface area contributed by atoms with Gasteiger partial charge in [-0.25, -0.2) is 4.57 Å². The highest BCUT2D eigenvalue weighted by Gasteiger charge is 2.27. The van der Waals surface area contributed by atoms with E-state index in [1.165, 1.54) is 57.8 Å². The molecular weight excluding hydrogens is 585 g/mol. The van der Waals surface area contributed by atoms with Crippen LogP contribution in [0.1, 0.15) is 142 Å². The Morgan fingerprint density at radius 2 is 1.18 bits per heavy atom. The van der Waals surface area contributed by atoms with Crippen molar-refractivity contribution >= 4 is 26.0 Å². The standard InChI is InChI=1S/C33H64NO9P/c1-5-6-7-8-9-10-11-12-13-14-15-19-22-25-33(37)43-31(30-42-44(38,39)41-28-26-34(2,3)4)29-40-32(36)24-21-18-16-17-20-23-27-35/h27,31H,5-26,28-30H2,1-4H3/p+1/t31-/m1/s1. The van der Waals surface area contributed by atoms with Gasteiger partial charge < -0.3 is 23.6 Å². The number of nitrogens with zero attached hydrogens (tertiary/aromatic N) is 1. The maximum Gasteiger partial charge on any atom is 0.472 e. The predicted molar refractivity (Wildman–Crippen MR) is 174 cm³/mol. The lowest BCUT2D eigenvalue weighted by atomic mass is 10.0. The summed E-state index contributed by atoms with van der Waals surface area (Å²) >= 11 is 0. The number of carbonyl (C=O) groups excluding carboxylic acids is 3. The van der Waals surface area contributed by atoms with Crippen LogP contribution in [0.25, 0.3) is 0 Å². The number of carbonyl (C=O) groups is 3. The fourth-order valence-electron chi connectivity index (χ4n) is 4.58. The smallest absolute Gasteiger partial charge is 0.462 e. The first-order chi connectivity index (χ1) is 21.0. The summed E-state index contributed by atoms with van der Waals surface area (Å²) in [5.74, 6) is -0.881. The summed E-state index contributed by atoms with van der Waals surface area (Å²) < 4.78 is 33.8. The van der Waals surface area contributed by atoms with E-state index in [-0.39, 0.29) is 26.1 Å². The minimum absolute atomic E-state index is 0.0188. The molecular formula is C33H65NO9P+. The molecule has 0 aliphatic rings. The van der Waals surface area contributed by atoms with Gasteiger partial charge in [0, 0.05) is 19.3 Å². The third kappa shape index (κ3) is 30.7. The number of quaternary nitrogens is 1. The molecule has 0 spiro atoms. The van der Waals surface area contributed by atoms with E-state index in [2.05, 4.69) is 6.92 Å². The van der Waals surface area contributed by atoms with Crippen LogP contribution in [0.3, 0.4) is 0 Å². The lowest BCUT2D eigenvalue weighted by molar-refractivity contribution is -0.870. The third-order valence-electron chi connectivity index (χ3n) is 7.36. The Hall–Kier alpha value is -1.32. The molecule has 0 radical (unpaired) electrons. The van der Waals surface area contributed by atoms with Crippen LogP contribution in [0.2, 0.25) is 0 Å². The molecule has 44 heavy (non-hydrogen) atoms. The van der Waals surface area contributed by atoms with Crippen molar-refractivity contribution in [3.63, 3.8) is 0 Å². The number of rotatable bonds is 32. The van der Waals surface area contributed by atoms with Crippen molar-refractivity contribution in [1.82, 2.24) is 0 Å². The molecule has 260 valence electrons. The molecule has 0 aromatic carbocycles. The van der Waals surface area contributed by atoms with Crippen LogP contribution in [0.4, 0.5) is 0 Å². The van der Waals surface area contributed by atoms with Crippen LogP contribution >= 0.6 is 7.82 Å². The molecule has 11 heteroatoms. The van der Waals surface area contributed by atoms with Gasteiger partial charge in [0.15, 0.2) is 6.10 Å². The quantitative estimate of drug-likeness (QED) is 0.0256. The molecule has 1 unspecified atom stereocenters. The third-order valence-corrected chi connectivity index (χ3v) is 8.34. The normalized spacial score (nSPS) is 13.8. The molecule has 0 bridgehead atoms. The second-order valence-corrected chi connectivity index (χ2v) is 14.3. The van der Waals surface area contributed by atoms with E-state index in [9.17, 15) is 23.8 Å². The van der Waals surface area contributed by atoms with Crippen LogP contribution in [-0.4, -0.2) is 81.2 Å². The minimum atomic E-state index is -4.37. The maximum atomic E-state index is 12.5. The average molecular weight is 651 g/mol. The summed E-state index contributed by atoms with van der Waals surface area (Å²) in [4.78, 5) is 45.2. The number of phosphoric acid groups is 1. The number of hydrogen-bond donors (Lipinski definition) is 1. The van der Waals surface area contributed by atoms with Crippen molar-refractivity contribution in [2.45, 2.75) is 148 Å². The second-order valence-electron chi connectivity index (χ2n) is 12.9. The van der Waals surface area contributed by atoms with Gasteiger partial charge in [0.2, 0.25) is 0 Å². The first kappa shape index (κ1) is 42.7. The molecule has 0 rings (SSSR count). The number of esters is 2. The van der Waals surface area contributed by atoms with E-state index >= 15 is 0 Å². The summed E-state index contributed by atoms with van der Waals surface area (Å²) in [7, 11) is 1.42. The van der Waals surface area contributed by atoms with E-state index in [1.807, 2.05) is 21.1 Å². The summed E-state index contributed by atoms with van der Waals surface area (Å²) in [6.45, 7) is 2.07. The van der Waals surface area contributed by atoms with Gasteiger partial charge in [-0.15, -0.1) is 0 Å². The largest absolute Gasteiger partial charge is 0.472 e. The molecule has 0 saturated carbocycles. The van der Waals surface area contributed by atoms with E-state index in [0.29, 0.717) is 30.3 Å². The molecule has 0 saturated heterocycles. The number of unbranched alkanes of at least 4 members (excludes halogenated alkanes) is 17. The molecule has 0 aromatic rings. The lowest BCUT2D eigenvalue weighted by Crippen LogP contribution is -2.37. The minimum Gasteiger partial charge on any atom is -0.462 e. The molecule has 0 heterocycles. The van der Waals surface area contributed by atoms with Crippen molar-refractivity contribution in [3.05, 3.63) is 0 Å². The number of hydrogen-bond acceptors (Lipinski definition) is 8. The maximum absolute atomic E-state index is 12.5. The number of aldehydes is 1. The number of phosphoric ester groups is 1. The zero-order valence-corrected chi connectivity index (χ0v) is 29.3. The van der Waals surface area contributed by atoms with E-state index in [0.717, 1.165) is 51.2 Å². The predicted octanol–water partition coefficient (Wildman–Crippen LogP) is 7.69. The van der Waals surface area contributed by atoms with Gasteiger partial charge >= 0.3 is 19.8 Å². The van der Waals surface area contributed by atoms with Crippen LogP contribution in [0.15, 0.2) is 0 Å². The van der Waals surface area contributed by atoms with Crippen LogP contribution < -0.4 is 0 Å². The fourth-order valence-corrected chi connectivity index (χ4v) is 5.32. The van der Waals surface area contributed by atoms with Gasteiger partial charge in [0.05, 0.1) is 27.7 Å². The molecule has 0 aliphatic heterocycles. The highest BCUT2D eigenvalue weighted by Crippen LogP contribution is 2.43. The van der Waals surface area contributed by atoms with Crippen LogP contribution in [0.5, 0.6) is 0 Å². The summed E-state index contributed by atoms with van der Waals surface area (Å²) in [6, 6.07) is 0. The van der Waals surface area contributed by atoms with E-state index in [1.54, 1.807) is 0 Å². The Kier molecular flexibility index (Phi) is 27.1. The van der Waals surface area contributed by atoms with Crippen molar-refractivity contribution < 1.29 is 46.8 Å². The molecule has 0 aliphatic carbocycles. The van der Waals surface area contributed by atoms with Gasteiger partial charge in [0.1, 0.15) is 26.0 Å². The average Bonchev–Trinajstić information content (AvgIpc) is 2.95. The van der Waals surface area contributed by atoms with Crippen LogP contribution in [-0.2, 0) is 37.5 Å². The van der Waals surface area contributed by atoms with Gasteiger partial charge in [-0.2, -0.15) is 0 Å². The highest BCUT2D eigenvalue weighted by atomic mass is 31.2. The Morgan fingerprint density at radius 1 is 0.705 bits per heavy atom. The number of likely N-dealkylation sites (N-methyl/N-ethyl adjacent to an activating group) is 1. The summed E-state index contributed by atoms with van der Waals surface area (Å²) in [5.41, 5.74) is 0. The van der Waals surface area contributed by atoms with Crippen LogP contribution in [0, 0.1) is 0 Å². The fraction of sp³-hybridized carbons (Fsp3) is 0.909. The van der Waals surface area contributed by atoms with E-state index < -0.39 is 32.5 Å². The van der Waals surface area contributed by atoms with Gasteiger partial charge in [-0.05, 0) is 19.3 Å². The first-order valence-electron chi connectivity index (χ1n) is 17.2. The van der Waals surface area contributed by atoms with Crippen molar-refractivity contribution in [2.24, 2.45) is 0 Å². The zero-order chi connectivity index (χ0) is 32.9. The van der Waals surface area contributed by atoms with Crippen molar-refractivity contribution in [1.29, 1.82) is 0 Å². The van der Waals surface area contributed by atoms with Gasteiger partial charge in [0.25, 0.3) is 0 Å². The number of ether oxygens (including phenoxy) is 2. The lowest BCUT2D eigenvalue weighted by Gasteiger charge is -2.24. The van der Waals surface area contributed by atoms with Crippen molar-refractivity contribution in [3.8, 4) is 0 Å². The van der Waals surface area contributed by atoms with Gasteiger partial charge in [-0.3, -0.25) is 18.6 Å². The molecule has 0 amide bonds. The first-order valence-corrected chi connectivity index (χ1v) is 18.7. The molecule has 0 fully saturated rings. The highest BCUT2D eigenvalue weighted by molar-refractivity contribution is 7.47. The van der Waals surface area contributed by atoms with Gasteiger partial charge in [-0.1, -0.05) is 103 Å². The van der Waals surface area contributed by atoms with E-state index in [4.69, 9.17) is 18.5 Å². The molecule has 1 N–H and O–H groups in total. The monoisotopic (exact) mass is 650 g/mol. The zero-order valence-electron chi connectivity index (χ0n) is 28.4. The Morgan fingerprint density at radius 3 is 1.68 bits per heavy atom. The molecule has 2 atom stereocenters. The summed E-state index contributed by atoms with van der Waals surface area (Å²) in [5, 5.41) is 0. The Labute approximate surface area is 268 Å². The Bertz CT molecular complexity index is 773. The summed E-state index contributed by atoms with van der Waals surface area (Å²) in [6.07, 6.45) is 20.8. The Balaban J connectivity index is 4.43. The molecule has 10 nitrogen and oxygen atoms in total. The van der Waals surface area contributed by atoms with Crippen molar-refractivity contribution in [2.75, 3.05) is 47.5 Å².